The Kier molecular flexibility index (Phi) is 4.73. The second kappa shape index (κ2) is 6.52. The van der Waals surface area contributed by atoms with E-state index < -0.39 is 6.04 Å². The SMILES string of the molecule is CN1C(=O)CCC(NC(=O)c2sccc2C#CCN)C1=O. The molecule has 110 valence electrons. The molecule has 1 fully saturated rings. The van der Waals surface area contributed by atoms with Gasteiger partial charge in [-0.15, -0.1) is 11.3 Å². The second-order valence-corrected chi connectivity index (χ2v) is 5.44. The molecule has 2 heterocycles. The van der Waals surface area contributed by atoms with Crippen molar-refractivity contribution in [3.63, 3.8) is 0 Å². The maximum absolute atomic E-state index is 12.2. The Morgan fingerprint density at radius 3 is 3.05 bits per heavy atom. The van der Waals surface area contributed by atoms with Crippen LogP contribution in [0.15, 0.2) is 11.4 Å². The maximum atomic E-state index is 12.2. The predicted molar refractivity (Wildman–Crippen MR) is 78.5 cm³/mol. The lowest BCUT2D eigenvalue weighted by molar-refractivity contribution is -0.147. The molecule has 1 saturated heterocycles. The zero-order valence-electron chi connectivity index (χ0n) is 11.5. The van der Waals surface area contributed by atoms with E-state index in [-0.39, 0.29) is 30.7 Å². The van der Waals surface area contributed by atoms with E-state index in [0.717, 1.165) is 4.90 Å². The van der Waals surface area contributed by atoms with E-state index in [1.165, 1.54) is 18.4 Å². The first-order chi connectivity index (χ1) is 10.0. The number of likely N-dealkylation sites (N-methyl/N-ethyl adjacent to an activating group) is 1. The molecule has 2 rings (SSSR count). The molecule has 1 aliphatic rings. The van der Waals surface area contributed by atoms with Crippen LogP contribution in [0.4, 0.5) is 0 Å². The van der Waals surface area contributed by atoms with Crippen molar-refractivity contribution in [3.8, 4) is 11.8 Å². The van der Waals surface area contributed by atoms with Crippen LogP contribution in [0.3, 0.4) is 0 Å². The standard InChI is InChI=1S/C14H15N3O3S/c1-17-11(18)5-4-10(14(17)20)16-13(19)12-9(3-2-7-15)6-8-21-12/h6,8,10H,4-5,7,15H2,1H3,(H,16,19). The molecule has 0 saturated carbocycles. The van der Waals surface area contributed by atoms with Crippen molar-refractivity contribution in [2.45, 2.75) is 18.9 Å². The fourth-order valence-corrected chi connectivity index (χ4v) is 2.76. The molecule has 3 amide bonds. The number of carbonyl (C=O) groups excluding carboxylic acids is 3. The Hall–Kier alpha value is -2.17. The number of amides is 3. The Balaban J connectivity index is 2.10. The first kappa shape index (κ1) is 15.2. The Labute approximate surface area is 126 Å². The summed E-state index contributed by atoms with van der Waals surface area (Å²) in [6.07, 6.45) is 0.570. The number of rotatable bonds is 2. The highest BCUT2D eigenvalue weighted by atomic mass is 32.1. The van der Waals surface area contributed by atoms with Crippen molar-refractivity contribution in [2.24, 2.45) is 5.73 Å². The van der Waals surface area contributed by atoms with Crippen molar-refractivity contribution in [2.75, 3.05) is 13.6 Å². The molecule has 1 aromatic rings. The molecule has 1 atom stereocenters. The van der Waals surface area contributed by atoms with Crippen LogP contribution < -0.4 is 11.1 Å². The molecule has 0 spiro atoms. The third-order valence-corrected chi connectivity index (χ3v) is 4.06. The number of hydrogen-bond donors (Lipinski definition) is 2. The lowest BCUT2D eigenvalue weighted by Crippen LogP contribution is -2.52. The van der Waals surface area contributed by atoms with Crippen molar-refractivity contribution in [1.82, 2.24) is 10.2 Å². The average Bonchev–Trinajstić information content (AvgIpc) is 2.94. The number of thiophene rings is 1. The van der Waals surface area contributed by atoms with Gasteiger partial charge < -0.3 is 11.1 Å². The number of imide groups is 1. The number of carbonyl (C=O) groups is 3. The monoisotopic (exact) mass is 305 g/mol. The van der Waals surface area contributed by atoms with E-state index in [1.807, 2.05) is 0 Å². The normalized spacial score (nSPS) is 18.2. The highest BCUT2D eigenvalue weighted by Gasteiger charge is 2.33. The second-order valence-electron chi connectivity index (χ2n) is 4.53. The molecule has 6 nitrogen and oxygen atoms in total. The van der Waals surface area contributed by atoms with Crippen LogP contribution >= 0.6 is 11.3 Å². The summed E-state index contributed by atoms with van der Waals surface area (Å²) >= 11 is 1.25. The maximum Gasteiger partial charge on any atom is 0.263 e. The van der Waals surface area contributed by atoms with Crippen LogP contribution in [-0.2, 0) is 9.59 Å². The van der Waals surface area contributed by atoms with Gasteiger partial charge in [-0.3, -0.25) is 19.3 Å². The van der Waals surface area contributed by atoms with Crippen LogP contribution in [0.25, 0.3) is 0 Å². The first-order valence-electron chi connectivity index (χ1n) is 6.42. The van der Waals surface area contributed by atoms with E-state index in [1.54, 1.807) is 11.4 Å². The summed E-state index contributed by atoms with van der Waals surface area (Å²) in [5.41, 5.74) is 5.91. The lowest BCUT2D eigenvalue weighted by Gasteiger charge is -2.28. The van der Waals surface area contributed by atoms with E-state index in [9.17, 15) is 14.4 Å². The van der Waals surface area contributed by atoms with Gasteiger partial charge in [-0.05, 0) is 17.9 Å². The van der Waals surface area contributed by atoms with Crippen molar-refractivity contribution in [3.05, 3.63) is 21.9 Å². The number of nitrogens with zero attached hydrogens (tertiary/aromatic N) is 1. The summed E-state index contributed by atoms with van der Waals surface area (Å²) in [5.74, 6) is 4.56. The van der Waals surface area contributed by atoms with Gasteiger partial charge in [-0.1, -0.05) is 11.8 Å². The molecular weight excluding hydrogens is 290 g/mol. The molecular formula is C14H15N3O3S. The minimum Gasteiger partial charge on any atom is -0.339 e. The summed E-state index contributed by atoms with van der Waals surface area (Å²) in [7, 11) is 1.42. The van der Waals surface area contributed by atoms with Gasteiger partial charge in [-0.25, -0.2) is 0 Å². The molecule has 0 aromatic carbocycles. The van der Waals surface area contributed by atoms with Crippen LogP contribution in [-0.4, -0.2) is 42.3 Å². The van der Waals surface area contributed by atoms with Gasteiger partial charge in [0.15, 0.2) is 0 Å². The number of nitrogens with one attached hydrogen (secondary N) is 1. The average molecular weight is 305 g/mol. The molecule has 7 heteroatoms. The van der Waals surface area contributed by atoms with Crippen LogP contribution in [0, 0.1) is 11.8 Å². The largest absolute Gasteiger partial charge is 0.339 e. The smallest absolute Gasteiger partial charge is 0.263 e. The van der Waals surface area contributed by atoms with Crippen LogP contribution in [0.2, 0.25) is 0 Å². The van der Waals surface area contributed by atoms with Gasteiger partial charge in [0.25, 0.3) is 11.8 Å². The summed E-state index contributed by atoms with van der Waals surface area (Å²) < 4.78 is 0. The lowest BCUT2D eigenvalue weighted by atomic mass is 10.0. The van der Waals surface area contributed by atoms with Gasteiger partial charge in [0, 0.05) is 19.0 Å². The number of likely N-dealkylation sites (tertiary alicyclic amines) is 1. The highest BCUT2D eigenvalue weighted by Crippen LogP contribution is 2.17. The van der Waals surface area contributed by atoms with E-state index in [2.05, 4.69) is 17.2 Å². The van der Waals surface area contributed by atoms with Gasteiger partial charge in [0.2, 0.25) is 5.91 Å². The van der Waals surface area contributed by atoms with E-state index in [4.69, 9.17) is 5.73 Å². The van der Waals surface area contributed by atoms with E-state index in [0.29, 0.717) is 16.9 Å². The van der Waals surface area contributed by atoms with Gasteiger partial charge in [-0.2, -0.15) is 0 Å². The molecule has 1 aromatic heterocycles. The molecule has 3 N–H and O–H groups in total. The fraction of sp³-hybridized carbons (Fsp3) is 0.357. The number of nitrogens with two attached hydrogens (primary N) is 1. The van der Waals surface area contributed by atoms with Crippen molar-refractivity contribution < 1.29 is 14.4 Å². The number of hydrogen-bond acceptors (Lipinski definition) is 5. The van der Waals surface area contributed by atoms with Crippen molar-refractivity contribution >= 4 is 29.1 Å². The quantitative estimate of drug-likeness (QED) is 0.591. The molecule has 0 aliphatic carbocycles. The zero-order valence-corrected chi connectivity index (χ0v) is 12.3. The minimum absolute atomic E-state index is 0.213. The summed E-state index contributed by atoms with van der Waals surface area (Å²) in [5, 5.41) is 4.43. The number of piperidine rings is 1. The van der Waals surface area contributed by atoms with Gasteiger partial charge in [0.05, 0.1) is 6.54 Å². The third kappa shape index (κ3) is 3.29. The molecule has 1 unspecified atom stereocenters. The highest BCUT2D eigenvalue weighted by molar-refractivity contribution is 7.12. The predicted octanol–water partition coefficient (Wildman–Crippen LogP) is -0.0645. The van der Waals surface area contributed by atoms with Crippen LogP contribution in [0.1, 0.15) is 28.1 Å². The summed E-state index contributed by atoms with van der Waals surface area (Å²) in [6.45, 7) is 0.213. The van der Waals surface area contributed by atoms with Crippen LogP contribution in [0.5, 0.6) is 0 Å². The minimum atomic E-state index is -0.669. The van der Waals surface area contributed by atoms with Crippen molar-refractivity contribution in [1.29, 1.82) is 0 Å². The Morgan fingerprint density at radius 1 is 1.57 bits per heavy atom. The molecule has 0 bridgehead atoms. The zero-order chi connectivity index (χ0) is 15.4. The van der Waals surface area contributed by atoms with E-state index >= 15 is 0 Å². The van der Waals surface area contributed by atoms with Gasteiger partial charge >= 0.3 is 0 Å². The molecule has 21 heavy (non-hydrogen) atoms. The summed E-state index contributed by atoms with van der Waals surface area (Å²) in [4.78, 5) is 37.1. The fourth-order valence-electron chi connectivity index (χ4n) is 2.00. The summed E-state index contributed by atoms with van der Waals surface area (Å²) in [6, 6.07) is 1.07. The Morgan fingerprint density at radius 2 is 2.33 bits per heavy atom. The van der Waals surface area contributed by atoms with Gasteiger partial charge in [0.1, 0.15) is 10.9 Å². The third-order valence-electron chi connectivity index (χ3n) is 3.15. The topological polar surface area (TPSA) is 92.5 Å². The molecule has 1 aliphatic heterocycles. The first-order valence-corrected chi connectivity index (χ1v) is 7.30. The molecule has 0 radical (unpaired) electrons. The Bertz CT molecular complexity index is 641.